The highest BCUT2D eigenvalue weighted by Crippen LogP contribution is 2.33. The second-order valence-electron chi connectivity index (χ2n) is 9.63. The Labute approximate surface area is 202 Å². The molecule has 3 atom stereocenters. The van der Waals surface area contributed by atoms with Crippen LogP contribution in [0.1, 0.15) is 64.0 Å². The second kappa shape index (κ2) is 11.1. The minimum Gasteiger partial charge on any atom is -0.392 e. The van der Waals surface area contributed by atoms with Crippen molar-refractivity contribution in [1.82, 2.24) is 0 Å². The van der Waals surface area contributed by atoms with Crippen LogP contribution in [0.25, 0.3) is 0 Å². The van der Waals surface area contributed by atoms with Gasteiger partial charge in [0.15, 0.2) is 5.78 Å². The summed E-state index contributed by atoms with van der Waals surface area (Å²) < 4.78 is 0. The fourth-order valence-corrected chi connectivity index (χ4v) is 4.50. The van der Waals surface area contributed by atoms with Gasteiger partial charge in [-0.3, -0.25) is 15.3 Å². The Morgan fingerprint density at radius 1 is 1.06 bits per heavy atom. The first-order chi connectivity index (χ1) is 16.2. The highest BCUT2D eigenvalue weighted by atomic mass is 16.3. The standard InChI is InChI=1S/C28H37N3O3/c1-5-6-16-24(32)22(18-17-19(2)3)26(33)28(29)27(34)31(4)23-15-11-10-14-21(23)25(30-28)20-12-8-7-9-13-20/h7-15,19,22,24,32H,5-6,16-18,29H2,1-4H3/t22-,24+,28+/m1/s1. The zero-order chi connectivity index (χ0) is 24.9. The van der Waals surface area contributed by atoms with E-state index < -0.39 is 29.4 Å². The molecule has 0 saturated heterocycles. The molecule has 0 bridgehead atoms. The molecule has 0 spiro atoms. The van der Waals surface area contributed by atoms with Gasteiger partial charge in [-0.25, -0.2) is 4.99 Å². The second-order valence-corrected chi connectivity index (χ2v) is 9.63. The number of ketones is 1. The Morgan fingerprint density at radius 2 is 1.71 bits per heavy atom. The molecule has 1 amide bonds. The van der Waals surface area contributed by atoms with E-state index in [2.05, 4.69) is 13.8 Å². The number of carbonyl (C=O) groups is 2. The molecule has 3 N–H and O–H groups in total. The van der Waals surface area contributed by atoms with E-state index in [-0.39, 0.29) is 0 Å². The fourth-order valence-electron chi connectivity index (χ4n) is 4.50. The molecule has 0 saturated carbocycles. The van der Waals surface area contributed by atoms with Crippen molar-refractivity contribution in [3.05, 3.63) is 65.7 Å². The quantitative estimate of drug-likeness (QED) is 0.513. The highest BCUT2D eigenvalue weighted by molar-refractivity contribution is 6.26. The number of hydrogen-bond donors (Lipinski definition) is 2. The zero-order valence-electron chi connectivity index (χ0n) is 20.7. The van der Waals surface area contributed by atoms with Crippen molar-refractivity contribution in [3.8, 4) is 0 Å². The predicted molar refractivity (Wildman–Crippen MR) is 137 cm³/mol. The minimum atomic E-state index is -2.13. The van der Waals surface area contributed by atoms with E-state index in [0.29, 0.717) is 30.2 Å². The molecule has 0 unspecified atom stereocenters. The number of rotatable bonds is 10. The molecular weight excluding hydrogens is 426 g/mol. The predicted octanol–water partition coefficient (Wildman–Crippen LogP) is 4.33. The van der Waals surface area contributed by atoms with E-state index >= 15 is 0 Å². The maximum atomic E-state index is 14.0. The number of benzodiazepines with no additional fused rings is 1. The number of aliphatic hydroxyl groups excluding tert-OH is 1. The lowest BCUT2D eigenvalue weighted by atomic mass is 9.82. The smallest absolute Gasteiger partial charge is 0.277 e. The number of amides is 1. The van der Waals surface area contributed by atoms with Gasteiger partial charge in [-0.15, -0.1) is 0 Å². The molecule has 1 aliphatic rings. The number of anilines is 1. The molecule has 0 aromatic heterocycles. The third-order valence-electron chi connectivity index (χ3n) is 6.57. The van der Waals surface area contributed by atoms with Gasteiger partial charge in [-0.1, -0.05) is 88.6 Å². The van der Waals surface area contributed by atoms with Crippen LogP contribution in [0.3, 0.4) is 0 Å². The number of aliphatic hydroxyl groups is 1. The van der Waals surface area contributed by atoms with E-state index in [1.165, 1.54) is 4.90 Å². The van der Waals surface area contributed by atoms with Crippen LogP contribution in [0.15, 0.2) is 59.6 Å². The van der Waals surface area contributed by atoms with Crippen LogP contribution in [-0.4, -0.2) is 41.3 Å². The molecular formula is C28H37N3O3. The lowest BCUT2D eigenvalue weighted by molar-refractivity contribution is -0.139. The molecule has 2 aromatic rings. The Morgan fingerprint density at radius 3 is 2.35 bits per heavy atom. The van der Waals surface area contributed by atoms with Crippen LogP contribution in [0.5, 0.6) is 0 Å². The largest absolute Gasteiger partial charge is 0.392 e. The van der Waals surface area contributed by atoms with Gasteiger partial charge >= 0.3 is 0 Å². The maximum Gasteiger partial charge on any atom is 0.277 e. The van der Waals surface area contributed by atoms with Gasteiger partial charge in [0.2, 0.25) is 5.66 Å². The number of likely N-dealkylation sites (N-methyl/N-ethyl adjacent to an activating group) is 1. The van der Waals surface area contributed by atoms with Crippen molar-refractivity contribution in [2.24, 2.45) is 22.6 Å². The van der Waals surface area contributed by atoms with Crippen LogP contribution in [0, 0.1) is 11.8 Å². The van der Waals surface area contributed by atoms with Crippen LogP contribution in [0.2, 0.25) is 0 Å². The van der Waals surface area contributed by atoms with Gasteiger partial charge in [0, 0.05) is 24.1 Å². The topological polar surface area (TPSA) is 96.0 Å². The number of fused-ring (bicyclic) bond motifs is 1. The molecule has 1 aliphatic heterocycles. The van der Waals surface area contributed by atoms with Gasteiger partial charge in [-0.05, 0) is 24.8 Å². The molecule has 6 nitrogen and oxygen atoms in total. The number of nitrogens with zero attached hydrogens (tertiary/aromatic N) is 2. The Bertz CT molecular complexity index is 1030. The van der Waals surface area contributed by atoms with Gasteiger partial charge < -0.3 is 10.0 Å². The van der Waals surface area contributed by atoms with E-state index in [0.717, 1.165) is 30.4 Å². The molecule has 182 valence electrons. The van der Waals surface area contributed by atoms with Crippen LogP contribution >= 0.6 is 0 Å². The van der Waals surface area contributed by atoms with Crippen molar-refractivity contribution >= 4 is 23.1 Å². The SMILES string of the molecule is CCCC[C@H](O)[C@@H](CCC(C)C)C(=O)[C@]1(N)N=C(c2ccccc2)c2ccccc2N(C)C1=O. The zero-order valence-corrected chi connectivity index (χ0v) is 20.7. The Hall–Kier alpha value is -2.83. The number of carbonyl (C=O) groups excluding carboxylic acids is 2. The van der Waals surface area contributed by atoms with Crippen molar-refractivity contribution in [1.29, 1.82) is 0 Å². The maximum absolute atomic E-state index is 14.0. The number of unbranched alkanes of at least 4 members (excludes halogenated alkanes) is 1. The summed E-state index contributed by atoms with van der Waals surface area (Å²) >= 11 is 0. The molecule has 6 heteroatoms. The monoisotopic (exact) mass is 463 g/mol. The number of para-hydroxylation sites is 1. The summed E-state index contributed by atoms with van der Waals surface area (Å²) in [6, 6.07) is 16.9. The molecule has 34 heavy (non-hydrogen) atoms. The van der Waals surface area contributed by atoms with Crippen molar-refractivity contribution < 1.29 is 14.7 Å². The number of Topliss-reactive ketones (excluding diaryl/α,β-unsaturated/α-hetero) is 1. The molecule has 1 heterocycles. The number of aliphatic imine (C=N–C) groups is 1. The molecule has 3 rings (SSSR count). The van der Waals surface area contributed by atoms with Gasteiger partial charge in [0.25, 0.3) is 5.91 Å². The van der Waals surface area contributed by atoms with Gasteiger partial charge in [0.1, 0.15) is 0 Å². The van der Waals surface area contributed by atoms with Crippen LogP contribution < -0.4 is 10.6 Å². The lowest BCUT2D eigenvalue weighted by Gasteiger charge is -2.32. The van der Waals surface area contributed by atoms with Crippen LogP contribution in [-0.2, 0) is 9.59 Å². The molecule has 0 aliphatic carbocycles. The summed E-state index contributed by atoms with van der Waals surface area (Å²) in [6.07, 6.45) is 2.52. The summed E-state index contributed by atoms with van der Waals surface area (Å²) in [5.74, 6) is -1.52. The van der Waals surface area contributed by atoms with E-state index in [1.54, 1.807) is 7.05 Å². The van der Waals surface area contributed by atoms with E-state index in [4.69, 9.17) is 10.7 Å². The minimum absolute atomic E-state index is 0.350. The summed E-state index contributed by atoms with van der Waals surface area (Å²) in [4.78, 5) is 33.9. The summed E-state index contributed by atoms with van der Waals surface area (Å²) in [5, 5.41) is 11.0. The first-order valence-electron chi connectivity index (χ1n) is 12.2. The van der Waals surface area contributed by atoms with E-state index in [1.807, 2.05) is 61.5 Å². The fraction of sp³-hybridized carbons (Fsp3) is 0.464. The number of benzene rings is 2. The average molecular weight is 464 g/mol. The van der Waals surface area contributed by atoms with E-state index in [9.17, 15) is 14.7 Å². The third-order valence-corrected chi connectivity index (χ3v) is 6.57. The van der Waals surface area contributed by atoms with Gasteiger partial charge in [0.05, 0.1) is 17.5 Å². The van der Waals surface area contributed by atoms with Crippen molar-refractivity contribution in [2.45, 2.75) is 64.6 Å². The van der Waals surface area contributed by atoms with Gasteiger partial charge in [-0.2, -0.15) is 0 Å². The normalized spacial score (nSPS) is 19.9. The first-order valence-corrected chi connectivity index (χ1v) is 12.2. The highest BCUT2D eigenvalue weighted by Gasteiger charge is 2.50. The molecule has 0 radical (unpaired) electrons. The molecule has 2 aromatic carbocycles. The van der Waals surface area contributed by atoms with Crippen molar-refractivity contribution in [3.63, 3.8) is 0 Å². The lowest BCUT2D eigenvalue weighted by Crippen LogP contribution is -2.61. The summed E-state index contributed by atoms with van der Waals surface area (Å²) in [5.41, 5.74) is 7.18. The Kier molecular flexibility index (Phi) is 8.39. The average Bonchev–Trinajstić information content (AvgIpc) is 2.93. The molecule has 0 fully saturated rings. The van der Waals surface area contributed by atoms with Crippen molar-refractivity contribution in [2.75, 3.05) is 11.9 Å². The van der Waals surface area contributed by atoms with Crippen LogP contribution in [0.4, 0.5) is 5.69 Å². The first kappa shape index (κ1) is 25.8. The number of hydrogen-bond acceptors (Lipinski definition) is 5. The number of nitrogens with two attached hydrogens (primary N) is 1. The third kappa shape index (κ3) is 5.29. The summed E-state index contributed by atoms with van der Waals surface area (Å²) in [6.45, 7) is 6.19. The Balaban J connectivity index is 2.15. The summed E-state index contributed by atoms with van der Waals surface area (Å²) in [7, 11) is 1.62.